The van der Waals surface area contributed by atoms with E-state index in [-0.39, 0.29) is 11.8 Å². The van der Waals surface area contributed by atoms with E-state index in [1.54, 1.807) is 24.3 Å². The summed E-state index contributed by atoms with van der Waals surface area (Å²) in [7, 11) is 0. The molecule has 1 unspecified atom stereocenters. The van der Waals surface area contributed by atoms with Gasteiger partial charge in [0.1, 0.15) is 5.75 Å². The van der Waals surface area contributed by atoms with Crippen LogP contribution in [0.1, 0.15) is 18.4 Å². The first-order chi connectivity index (χ1) is 11.6. The van der Waals surface area contributed by atoms with Crippen LogP contribution in [-0.2, 0) is 4.79 Å². The molecule has 0 bridgehead atoms. The van der Waals surface area contributed by atoms with Crippen LogP contribution in [0.4, 0.5) is 5.69 Å². The molecular formula is C18H14BrClN2O2. The summed E-state index contributed by atoms with van der Waals surface area (Å²) in [5, 5.41) is 6.78. The third-order valence-electron chi connectivity index (χ3n) is 4.26. The Hall–Kier alpha value is -1.85. The lowest BCUT2D eigenvalue weighted by atomic mass is 9.90. The first-order valence-corrected chi connectivity index (χ1v) is 8.88. The summed E-state index contributed by atoms with van der Waals surface area (Å²) >= 11 is 9.45. The van der Waals surface area contributed by atoms with Crippen molar-refractivity contribution < 1.29 is 9.53 Å². The third-order valence-corrected chi connectivity index (χ3v) is 5.01. The Balaban J connectivity index is 1.82. The Morgan fingerprint density at radius 1 is 1.21 bits per heavy atom. The number of anilines is 1. The van der Waals surface area contributed by atoms with Gasteiger partial charge in [-0.05, 0) is 48.9 Å². The average Bonchev–Trinajstić information content (AvgIpc) is 2.74. The fourth-order valence-electron chi connectivity index (χ4n) is 3.08. The maximum absolute atomic E-state index is 12.6. The fourth-order valence-corrected chi connectivity index (χ4v) is 3.56. The normalized spacial score (nSPS) is 19.8. The van der Waals surface area contributed by atoms with Crippen molar-refractivity contribution in [1.82, 2.24) is 0 Å². The Morgan fingerprint density at radius 3 is 2.79 bits per heavy atom. The molecule has 0 spiro atoms. The smallest absolute Gasteiger partial charge is 0.248 e. The molecule has 4 nitrogen and oxygen atoms in total. The lowest BCUT2D eigenvalue weighted by Crippen LogP contribution is -2.37. The molecular weight excluding hydrogens is 392 g/mol. The zero-order chi connectivity index (χ0) is 16.7. The molecule has 0 aliphatic carbocycles. The molecule has 0 aromatic heterocycles. The summed E-state index contributed by atoms with van der Waals surface area (Å²) < 4.78 is 6.80. The van der Waals surface area contributed by atoms with Crippen molar-refractivity contribution in [2.24, 2.45) is 11.0 Å². The number of fused-ring (bicyclic) bond motifs is 3. The van der Waals surface area contributed by atoms with Gasteiger partial charge >= 0.3 is 0 Å². The van der Waals surface area contributed by atoms with Crippen LogP contribution in [0.2, 0.25) is 5.02 Å². The first-order valence-electron chi connectivity index (χ1n) is 7.71. The molecule has 0 saturated carbocycles. The standard InChI is InChI=1S/C18H14BrClN2O2/c19-12-1-6-16-15(10-12)18-11(7-8-24-16)9-17(23)22(21-18)14-4-2-13(20)3-5-14/h1-6,10-11H,7-9H2. The van der Waals surface area contributed by atoms with E-state index in [9.17, 15) is 4.79 Å². The molecule has 2 aromatic carbocycles. The lowest BCUT2D eigenvalue weighted by Gasteiger charge is -2.28. The van der Waals surface area contributed by atoms with Gasteiger partial charge in [0.2, 0.25) is 5.91 Å². The number of amides is 1. The molecule has 2 aliphatic heterocycles. The summed E-state index contributed by atoms with van der Waals surface area (Å²) in [5.41, 5.74) is 2.56. The van der Waals surface area contributed by atoms with Gasteiger partial charge in [-0.2, -0.15) is 5.10 Å². The SMILES string of the molecule is O=C1CC2CCOc3ccc(Br)cc3C2=NN1c1ccc(Cl)cc1. The van der Waals surface area contributed by atoms with Crippen LogP contribution in [0, 0.1) is 5.92 Å². The van der Waals surface area contributed by atoms with Crippen LogP contribution in [0.3, 0.4) is 0 Å². The van der Waals surface area contributed by atoms with Crippen LogP contribution in [0.5, 0.6) is 5.75 Å². The third kappa shape index (κ3) is 2.82. The highest BCUT2D eigenvalue weighted by Crippen LogP contribution is 2.35. The summed E-state index contributed by atoms with van der Waals surface area (Å²) in [6.45, 7) is 0.590. The number of carbonyl (C=O) groups is 1. The number of hydrogen-bond acceptors (Lipinski definition) is 3. The van der Waals surface area contributed by atoms with E-state index in [0.717, 1.165) is 33.6 Å². The summed E-state index contributed by atoms with van der Waals surface area (Å²) in [5.74, 6) is 0.881. The molecule has 0 saturated heterocycles. The van der Waals surface area contributed by atoms with Gasteiger partial charge < -0.3 is 4.74 Å². The second kappa shape index (κ2) is 6.22. The molecule has 0 radical (unpaired) electrons. The lowest BCUT2D eigenvalue weighted by molar-refractivity contribution is -0.119. The van der Waals surface area contributed by atoms with Gasteiger partial charge in [-0.3, -0.25) is 4.79 Å². The molecule has 6 heteroatoms. The highest BCUT2D eigenvalue weighted by atomic mass is 79.9. The molecule has 2 aliphatic rings. The molecule has 2 aromatic rings. The maximum atomic E-state index is 12.6. The van der Waals surface area contributed by atoms with E-state index >= 15 is 0 Å². The van der Waals surface area contributed by atoms with Crippen molar-refractivity contribution >= 4 is 44.8 Å². The van der Waals surface area contributed by atoms with Crippen LogP contribution in [0.25, 0.3) is 0 Å². The van der Waals surface area contributed by atoms with Gasteiger partial charge in [0.25, 0.3) is 0 Å². The van der Waals surface area contributed by atoms with Gasteiger partial charge in [-0.25, -0.2) is 5.01 Å². The molecule has 1 amide bonds. The highest BCUT2D eigenvalue weighted by molar-refractivity contribution is 9.10. The van der Waals surface area contributed by atoms with E-state index in [0.29, 0.717) is 18.1 Å². The number of benzene rings is 2. The Bertz CT molecular complexity index is 835. The van der Waals surface area contributed by atoms with Gasteiger partial charge in [0.15, 0.2) is 0 Å². The Labute approximate surface area is 153 Å². The number of ether oxygens (including phenoxy) is 1. The van der Waals surface area contributed by atoms with E-state index in [4.69, 9.17) is 16.3 Å². The zero-order valence-electron chi connectivity index (χ0n) is 12.7. The van der Waals surface area contributed by atoms with Crippen molar-refractivity contribution in [2.45, 2.75) is 12.8 Å². The van der Waals surface area contributed by atoms with Gasteiger partial charge in [0, 0.05) is 27.4 Å². The van der Waals surface area contributed by atoms with E-state index < -0.39 is 0 Å². The van der Waals surface area contributed by atoms with Crippen molar-refractivity contribution in [3.05, 3.63) is 57.5 Å². The van der Waals surface area contributed by atoms with Crippen LogP contribution < -0.4 is 9.75 Å². The van der Waals surface area contributed by atoms with Gasteiger partial charge in [-0.15, -0.1) is 0 Å². The predicted molar refractivity (Wildman–Crippen MR) is 97.8 cm³/mol. The van der Waals surface area contributed by atoms with Gasteiger partial charge in [-0.1, -0.05) is 27.5 Å². The quantitative estimate of drug-likeness (QED) is 0.693. The fraction of sp³-hybridized carbons (Fsp3) is 0.222. The Morgan fingerprint density at radius 2 is 2.00 bits per heavy atom. The van der Waals surface area contributed by atoms with Crippen LogP contribution >= 0.6 is 27.5 Å². The molecule has 1 atom stereocenters. The number of carbonyl (C=O) groups excluding carboxylic acids is 1. The van der Waals surface area contributed by atoms with Crippen molar-refractivity contribution in [3.63, 3.8) is 0 Å². The first kappa shape index (κ1) is 15.7. The van der Waals surface area contributed by atoms with Crippen LogP contribution in [0.15, 0.2) is 52.0 Å². The summed E-state index contributed by atoms with van der Waals surface area (Å²) in [4.78, 5) is 12.6. The number of hydrogen-bond donors (Lipinski definition) is 0. The summed E-state index contributed by atoms with van der Waals surface area (Å²) in [6.07, 6.45) is 1.21. The Kier molecular flexibility index (Phi) is 4.06. The number of nitrogens with zero attached hydrogens (tertiary/aromatic N) is 2. The second-order valence-corrected chi connectivity index (χ2v) is 7.20. The monoisotopic (exact) mass is 404 g/mol. The van der Waals surface area contributed by atoms with Crippen LogP contribution in [-0.4, -0.2) is 18.2 Å². The minimum absolute atomic E-state index is 0.00970. The molecule has 24 heavy (non-hydrogen) atoms. The molecule has 4 rings (SSSR count). The zero-order valence-corrected chi connectivity index (χ0v) is 15.0. The van der Waals surface area contributed by atoms with E-state index in [1.807, 2.05) is 18.2 Å². The van der Waals surface area contributed by atoms with E-state index in [1.165, 1.54) is 5.01 Å². The minimum atomic E-state index is -0.00970. The minimum Gasteiger partial charge on any atom is -0.493 e. The predicted octanol–water partition coefficient (Wildman–Crippen LogP) is 4.64. The highest BCUT2D eigenvalue weighted by Gasteiger charge is 2.34. The molecule has 122 valence electrons. The number of rotatable bonds is 1. The molecule has 0 fully saturated rings. The topological polar surface area (TPSA) is 41.9 Å². The van der Waals surface area contributed by atoms with Crippen molar-refractivity contribution in [3.8, 4) is 5.75 Å². The summed E-state index contributed by atoms with van der Waals surface area (Å²) in [6, 6.07) is 13.0. The second-order valence-electron chi connectivity index (χ2n) is 5.85. The average molecular weight is 406 g/mol. The number of halogens is 2. The molecule has 2 heterocycles. The van der Waals surface area contributed by atoms with E-state index in [2.05, 4.69) is 21.0 Å². The van der Waals surface area contributed by atoms with Crippen molar-refractivity contribution in [1.29, 1.82) is 0 Å². The van der Waals surface area contributed by atoms with Crippen molar-refractivity contribution in [2.75, 3.05) is 11.6 Å². The largest absolute Gasteiger partial charge is 0.493 e. The number of hydrazone groups is 1. The van der Waals surface area contributed by atoms with Gasteiger partial charge in [0.05, 0.1) is 18.0 Å². The maximum Gasteiger partial charge on any atom is 0.248 e. The molecule has 0 N–H and O–H groups in total.